The van der Waals surface area contributed by atoms with Crippen LogP contribution in [0, 0.1) is 11.5 Å². The molecule has 3 heteroatoms. The van der Waals surface area contributed by atoms with E-state index < -0.39 is 0 Å². The lowest BCUT2D eigenvalue weighted by atomic mass is 10.1. The van der Waals surface area contributed by atoms with E-state index in [2.05, 4.69) is 27.7 Å². The molecule has 0 bridgehead atoms. The SMILES string of the molecule is CCCC[N+](CCCC)(CCCC)CCCC.N#CO. The predicted octanol–water partition coefficient (Wildman–Crippen LogP) is 4.84. The minimum absolute atomic E-state index is 0.750. The Morgan fingerprint density at radius 1 is 0.700 bits per heavy atom. The van der Waals surface area contributed by atoms with Crippen molar-refractivity contribution in [1.82, 2.24) is 0 Å². The summed E-state index contributed by atoms with van der Waals surface area (Å²) in [5, 5.41) is 13.8. The van der Waals surface area contributed by atoms with E-state index >= 15 is 0 Å². The molecule has 0 aliphatic carbocycles. The van der Waals surface area contributed by atoms with Gasteiger partial charge in [-0.25, -0.2) is 0 Å². The van der Waals surface area contributed by atoms with Gasteiger partial charge >= 0.3 is 0 Å². The van der Waals surface area contributed by atoms with E-state index in [4.69, 9.17) is 10.4 Å². The number of nitriles is 1. The Kier molecular flexibility index (Phi) is 17.6. The van der Waals surface area contributed by atoms with Gasteiger partial charge in [-0.3, -0.25) is 0 Å². The van der Waals surface area contributed by atoms with Crippen molar-refractivity contribution in [3.63, 3.8) is 0 Å². The van der Waals surface area contributed by atoms with Crippen LogP contribution in [0.15, 0.2) is 0 Å². The second kappa shape index (κ2) is 16.3. The van der Waals surface area contributed by atoms with Gasteiger partial charge in [-0.15, -0.1) is 0 Å². The Morgan fingerprint density at radius 2 is 0.900 bits per heavy atom. The number of aliphatic hydroxyl groups excluding tert-OH is 1. The summed E-state index contributed by atoms with van der Waals surface area (Å²) in [7, 11) is 0. The molecule has 0 aromatic rings. The maximum atomic E-state index is 6.88. The van der Waals surface area contributed by atoms with Crippen LogP contribution in [0.1, 0.15) is 79.1 Å². The van der Waals surface area contributed by atoms with Gasteiger partial charge in [0.1, 0.15) is 0 Å². The van der Waals surface area contributed by atoms with Gasteiger partial charge in [0.15, 0.2) is 0 Å². The summed E-state index contributed by atoms with van der Waals surface area (Å²) >= 11 is 0. The minimum Gasteiger partial charge on any atom is -0.443 e. The van der Waals surface area contributed by atoms with Gasteiger partial charge < -0.3 is 9.59 Å². The van der Waals surface area contributed by atoms with Crippen LogP contribution in [0.2, 0.25) is 0 Å². The molecule has 0 amide bonds. The van der Waals surface area contributed by atoms with Gasteiger partial charge in [0.25, 0.3) is 6.26 Å². The maximum Gasteiger partial charge on any atom is 0.283 e. The normalized spacial score (nSPS) is 10.6. The first-order valence-corrected chi connectivity index (χ1v) is 8.54. The smallest absolute Gasteiger partial charge is 0.283 e. The molecule has 20 heavy (non-hydrogen) atoms. The van der Waals surface area contributed by atoms with E-state index in [9.17, 15) is 0 Å². The highest BCUT2D eigenvalue weighted by Gasteiger charge is 2.24. The van der Waals surface area contributed by atoms with Crippen molar-refractivity contribution in [2.75, 3.05) is 26.2 Å². The van der Waals surface area contributed by atoms with Crippen LogP contribution < -0.4 is 0 Å². The molecule has 0 unspecified atom stereocenters. The third-order valence-corrected chi connectivity index (χ3v) is 3.94. The highest BCUT2D eigenvalue weighted by atomic mass is 16.2. The van der Waals surface area contributed by atoms with Gasteiger partial charge in [-0.1, -0.05) is 53.4 Å². The van der Waals surface area contributed by atoms with Gasteiger partial charge in [-0.2, -0.15) is 5.26 Å². The largest absolute Gasteiger partial charge is 0.443 e. The monoisotopic (exact) mass is 285 g/mol. The van der Waals surface area contributed by atoms with Crippen LogP contribution in [0.25, 0.3) is 0 Å². The van der Waals surface area contributed by atoms with Crippen LogP contribution in [-0.4, -0.2) is 35.8 Å². The summed E-state index contributed by atoms with van der Waals surface area (Å²) < 4.78 is 1.42. The number of hydrogen-bond acceptors (Lipinski definition) is 2. The fraction of sp³-hybridized carbons (Fsp3) is 0.941. The number of hydrogen-bond donors (Lipinski definition) is 1. The average Bonchev–Trinajstić information content (AvgIpc) is 2.46. The molecule has 0 heterocycles. The molecule has 120 valence electrons. The van der Waals surface area contributed by atoms with E-state index in [-0.39, 0.29) is 0 Å². The first kappa shape index (κ1) is 21.5. The summed E-state index contributed by atoms with van der Waals surface area (Å²) in [4.78, 5) is 0. The summed E-state index contributed by atoms with van der Waals surface area (Å²) in [6, 6.07) is 0. The Balaban J connectivity index is 0. The molecule has 0 fully saturated rings. The average molecular weight is 285 g/mol. The second-order valence-electron chi connectivity index (χ2n) is 5.75. The van der Waals surface area contributed by atoms with Crippen LogP contribution in [0.4, 0.5) is 0 Å². The van der Waals surface area contributed by atoms with E-state index in [1.165, 1.54) is 82.0 Å². The number of rotatable bonds is 12. The zero-order chi connectivity index (χ0) is 15.7. The number of aliphatic hydroxyl groups is 1. The van der Waals surface area contributed by atoms with Crippen molar-refractivity contribution in [3.05, 3.63) is 0 Å². The number of unbranched alkanes of at least 4 members (excludes halogenated alkanes) is 4. The molecule has 0 saturated carbocycles. The van der Waals surface area contributed by atoms with E-state index in [0.29, 0.717) is 0 Å². The molecule has 0 aliphatic rings. The highest BCUT2D eigenvalue weighted by Crippen LogP contribution is 2.16. The van der Waals surface area contributed by atoms with Gasteiger partial charge in [0.05, 0.1) is 26.2 Å². The molecule has 0 spiro atoms. The van der Waals surface area contributed by atoms with Gasteiger partial charge in [0, 0.05) is 0 Å². The third kappa shape index (κ3) is 12.3. The Morgan fingerprint density at radius 3 is 1.05 bits per heavy atom. The summed E-state index contributed by atoms with van der Waals surface area (Å²) in [6.07, 6.45) is 11.8. The molecule has 0 atom stereocenters. The van der Waals surface area contributed by atoms with Crippen LogP contribution in [-0.2, 0) is 0 Å². The lowest BCUT2D eigenvalue weighted by molar-refractivity contribution is -0.929. The van der Waals surface area contributed by atoms with Crippen LogP contribution in [0.5, 0.6) is 0 Å². The minimum atomic E-state index is 0.750. The first-order chi connectivity index (χ1) is 9.66. The molecule has 0 aromatic heterocycles. The molecular weight excluding hydrogens is 248 g/mol. The lowest BCUT2D eigenvalue weighted by Gasteiger charge is -2.39. The van der Waals surface area contributed by atoms with E-state index in [0.717, 1.165) is 6.26 Å². The van der Waals surface area contributed by atoms with Crippen molar-refractivity contribution >= 4 is 0 Å². The van der Waals surface area contributed by atoms with Crippen molar-refractivity contribution in [1.29, 1.82) is 5.26 Å². The topological polar surface area (TPSA) is 44.0 Å². The van der Waals surface area contributed by atoms with Crippen molar-refractivity contribution in [2.45, 2.75) is 79.1 Å². The Labute approximate surface area is 127 Å². The zero-order valence-corrected chi connectivity index (χ0v) is 14.3. The van der Waals surface area contributed by atoms with Gasteiger partial charge in [-0.05, 0) is 25.7 Å². The van der Waals surface area contributed by atoms with Crippen LogP contribution in [0.3, 0.4) is 0 Å². The number of quaternary nitrogens is 1. The highest BCUT2D eigenvalue weighted by molar-refractivity contribution is 4.49. The summed E-state index contributed by atoms with van der Waals surface area (Å²) in [5.41, 5.74) is 0. The second-order valence-corrected chi connectivity index (χ2v) is 5.75. The Bertz CT molecular complexity index is 186. The standard InChI is InChI=1S/C16H36N.CHNO/c1-5-9-13-17(14-10-6-2,15-11-7-3)16-12-8-4;2-1-3/h5-16H2,1-4H3;3H/q+1;. The van der Waals surface area contributed by atoms with Crippen molar-refractivity contribution < 1.29 is 9.59 Å². The quantitative estimate of drug-likeness (QED) is 0.412. The Hall–Kier alpha value is -0.750. The van der Waals surface area contributed by atoms with Gasteiger partial charge in [0.2, 0.25) is 0 Å². The maximum absolute atomic E-state index is 6.88. The molecule has 1 N–H and O–H groups in total. The summed E-state index contributed by atoms with van der Waals surface area (Å²) in [5.74, 6) is 0. The fourth-order valence-electron chi connectivity index (χ4n) is 2.64. The zero-order valence-electron chi connectivity index (χ0n) is 14.3. The molecule has 3 nitrogen and oxygen atoms in total. The van der Waals surface area contributed by atoms with Crippen molar-refractivity contribution in [2.24, 2.45) is 0 Å². The van der Waals surface area contributed by atoms with Crippen LogP contribution >= 0.6 is 0 Å². The molecule has 0 rings (SSSR count). The first-order valence-electron chi connectivity index (χ1n) is 8.54. The lowest BCUT2D eigenvalue weighted by Crippen LogP contribution is -2.50. The van der Waals surface area contributed by atoms with E-state index in [1.54, 1.807) is 0 Å². The summed E-state index contributed by atoms with van der Waals surface area (Å²) in [6.45, 7) is 15.0. The molecule has 0 saturated heterocycles. The van der Waals surface area contributed by atoms with E-state index in [1.807, 2.05) is 0 Å². The molecule has 0 aromatic carbocycles. The number of nitrogens with zero attached hydrogens (tertiary/aromatic N) is 2. The molecular formula is C17H37N2O+. The fourth-order valence-corrected chi connectivity index (χ4v) is 2.64. The predicted molar refractivity (Wildman–Crippen MR) is 86.9 cm³/mol. The molecule has 0 aliphatic heterocycles. The van der Waals surface area contributed by atoms with Crippen molar-refractivity contribution in [3.8, 4) is 6.26 Å². The molecule has 0 radical (unpaired) electrons. The third-order valence-electron chi connectivity index (χ3n) is 3.94.